The summed E-state index contributed by atoms with van der Waals surface area (Å²) in [5.41, 5.74) is -0.432. The second-order valence-corrected chi connectivity index (χ2v) is 3.33. The number of anilines is 1. The van der Waals surface area contributed by atoms with Gasteiger partial charge in [0.15, 0.2) is 5.75 Å². The van der Waals surface area contributed by atoms with Gasteiger partial charge in [0.2, 0.25) is 5.71 Å². The van der Waals surface area contributed by atoms with Crippen molar-refractivity contribution in [1.82, 2.24) is 0 Å². The molecule has 0 atom stereocenters. The fourth-order valence-electron chi connectivity index (χ4n) is 1.30. The first kappa shape index (κ1) is 15.2. The van der Waals surface area contributed by atoms with Crippen LogP contribution in [-0.4, -0.2) is 12.8 Å². The van der Waals surface area contributed by atoms with E-state index in [1.807, 2.05) is 5.43 Å². The number of rotatable bonds is 3. The quantitative estimate of drug-likeness (QED) is 0.526. The summed E-state index contributed by atoms with van der Waals surface area (Å²) in [6.07, 6.45) is -4.83. The summed E-state index contributed by atoms with van der Waals surface area (Å²) in [4.78, 5) is 0. The topological polar surface area (TPSA) is 81.2 Å². The van der Waals surface area contributed by atoms with Gasteiger partial charge in [-0.1, -0.05) is 0 Å². The molecule has 0 spiro atoms. The van der Waals surface area contributed by atoms with Crippen LogP contribution in [-0.2, 0) is 6.18 Å². The maximum absolute atomic E-state index is 13.2. The lowest BCUT2D eigenvalue weighted by Crippen LogP contribution is -2.10. The zero-order valence-electron chi connectivity index (χ0n) is 9.92. The molecule has 0 saturated carbocycles. The highest BCUT2D eigenvalue weighted by molar-refractivity contribution is 6.10. The number of nitrogens with zero attached hydrogens (tertiary/aromatic N) is 3. The Morgan fingerprint density at radius 1 is 1.30 bits per heavy atom. The lowest BCUT2D eigenvalue weighted by Gasteiger charge is -2.15. The predicted octanol–water partition coefficient (Wildman–Crippen LogP) is 2.67. The van der Waals surface area contributed by atoms with Gasteiger partial charge in [0, 0.05) is 6.07 Å². The molecule has 0 fully saturated rings. The van der Waals surface area contributed by atoms with Gasteiger partial charge >= 0.3 is 6.18 Å². The summed E-state index contributed by atoms with van der Waals surface area (Å²) < 4.78 is 55.9. The van der Waals surface area contributed by atoms with E-state index in [1.54, 1.807) is 0 Å². The highest BCUT2D eigenvalue weighted by Crippen LogP contribution is 2.41. The van der Waals surface area contributed by atoms with Crippen molar-refractivity contribution in [3.05, 3.63) is 23.5 Å². The van der Waals surface area contributed by atoms with Crippen molar-refractivity contribution < 1.29 is 22.3 Å². The van der Waals surface area contributed by atoms with Crippen molar-refractivity contribution in [2.45, 2.75) is 6.18 Å². The van der Waals surface area contributed by atoms with Crippen molar-refractivity contribution in [2.24, 2.45) is 5.10 Å². The van der Waals surface area contributed by atoms with Gasteiger partial charge in [-0.15, -0.1) is 0 Å². The number of ether oxygens (including phenoxy) is 1. The summed E-state index contributed by atoms with van der Waals surface area (Å²) in [5, 5.41) is 20.1. The number of nitrogens with one attached hydrogen (secondary N) is 1. The van der Waals surface area contributed by atoms with Gasteiger partial charge < -0.3 is 4.74 Å². The van der Waals surface area contributed by atoms with E-state index >= 15 is 0 Å². The van der Waals surface area contributed by atoms with Crippen LogP contribution in [0, 0.1) is 28.5 Å². The van der Waals surface area contributed by atoms with Crippen LogP contribution in [0.4, 0.5) is 23.2 Å². The molecule has 1 aromatic carbocycles. The lowest BCUT2D eigenvalue weighted by atomic mass is 10.1. The van der Waals surface area contributed by atoms with Crippen LogP contribution in [0.5, 0.6) is 5.75 Å². The molecule has 104 valence electrons. The number of halogens is 4. The van der Waals surface area contributed by atoms with Crippen LogP contribution < -0.4 is 10.2 Å². The summed E-state index contributed by atoms with van der Waals surface area (Å²) in [6.45, 7) is 0. The van der Waals surface area contributed by atoms with E-state index in [2.05, 4.69) is 9.84 Å². The van der Waals surface area contributed by atoms with E-state index in [-0.39, 0.29) is 6.07 Å². The normalized spacial score (nSPS) is 10.2. The van der Waals surface area contributed by atoms with Gasteiger partial charge in [0.05, 0.1) is 7.11 Å². The number of nitriles is 2. The molecule has 1 N–H and O–H groups in total. The minimum atomic E-state index is -4.83. The van der Waals surface area contributed by atoms with Crippen LogP contribution in [0.1, 0.15) is 5.56 Å². The summed E-state index contributed by atoms with van der Waals surface area (Å²) in [7, 11) is 0.965. The highest BCUT2D eigenvalue weighted by atomic mass is 19.4. The average molecular weight is 286 g/mol. The van der Waals surface area contributed by atoms with E-state index in [4.69, 9.17) is 10.5 Å². The minimum Gasteiger partial charge on any atom is -0.494 e. The molecule has 1 rings (SSSR count). The number of hydrogen-bond donors (Lipinski definition) is 1. The number of benzene rings is 1. The van der Waals surface area contributed by atoms with Crippen molar-refractivity contribution in [2.75, 3.05) is 12.5 Å². The highest BCUT2D eigenvalue weighted by Gasteiger charge is 2.36. The van der Waals surface area contributed by atoms with Crippen LogP contribution in [0.25, 0.3) is 0 Å². The van der Waals surface area contributed by atoms with Gasteiger partial charge in [-0.3, -0.25) is 5.43 Å². The molecule has 0 aliphatic rings. The molecule has 0 aliphatic heterocycles. The monoisotopic (exact) mass is 286 g/mol. The van der Waals surface area contributed by atoms with E-state index < -0.39 is 34.7 Å². The smallest absolute Gasteiger partial charge is 0.420 e. The second kappa shape index (κ2) is 5.89. The Kier molecular flexibility index (Phi) is 4.49. The van der Waals surface area contributed by atoms with Gasteiger partial charge in [-0.2, -0.15) is 28.8 Å². The summed E-state index contributed by atoms with van der Waals surface area (Å²) >= 11 is 0. The van der Waals surface area contributed by atoms with Crippen molar-refractivity contribution in [3.63, 3.8) is 0 Å². The molecule has 5 nitrogen and oxygen atoms in total. The molecular formula is C11H6F4N4O. The number of methoxy groups -OCH3 is 1. The molecule has 0 radical (unpaired) electrons. The SMILES string of the molecule is COc1c(NN=C(C#N)C#N)cc(F)cc1C(F)(F)F. The number of alkyl halides is 3. The molecule has 0 bridgehead atoms. The largest absolute Gasteiger partial charge is 0.494 e. The third kappa shape index (κ3) is 3.36. The molecule has 0 saturated heterocycles. The van der Waals surface area contributed by atoms with E-state index in [0.717, 1.165) is 7.11 Å². The first-order chi connectivity index (χ1) is 9.33. The van der Waals surface area contributed by atoms with Gasteiger partial charge in [-0.25, -0.2) is 4.39 Å². The fraction of sp³-hybridized carbons (Fsp3) is 0.182. The number of hydrogen-bond acceptors (Lipinski definition) is 5. The maximum atomic E-state index is 13.2. The molecule has 0 heterocycles. The minimum absolute atomic E-state index is 0.267. The first-order valence-corrected chi connectivity index (χ1v) is 4.92. The lowest BCUT2D eigenvalue weighted by molar-refractivity contribution is -0.138. The predicted molar refractivity (Wildman–Crippen MR) is 60.2 cm³/mol. The molecule has 0 aliphatic carbocycles. The fourth-order valence-corrected chi connectivity index (χ4v) is 1.30. The molecule has 20 heavy (non-hydrogen) atoms. The zero-order chi connectivity index (χ0) is 15.3. The van der Waals surface area contributed by atoms with Gasteiger partial charge in [0.25, 0.3) is 0 Å². The Labute approximate surface area is 110 Å². The third-order valence-electron chi connectivity index (χ3n) is 2.06. The second-order valence-electron chi connectivity index (χ2n) is 3.33. The van der Waals surface area contributed by atoms with Crippen molar-refractivity contribution in [1.29, 1.82) is 10.5 Å². The Balaban J connectivity index is 3.35. The number of hydrazone groups is 1. The van der Waals surface area contributed by atoms with Gasteiger partial charge in [-0.05, 0) is 6.07 Å². The van der Waals surface area contributed by atoms with Crippen LogP contribution in [0.2, 0.25) is 0 Å². The average Bonchev–Trinajstić information content (AvgIpc) is 2.38. The molecule has 0 aromatic heterocycles. The molecule has 9 heteroatoms. The Hall–Kier alpha value is -2.81. The van der Waals surface area contributed by atoms with E-state index in [9.17, 15) is 17.6 Å². The maximum Gasteiger partial charge on any atom is 0.420 e. The summed E-state index contributed by atoms with van der Waals surface area (Å²) in [6, 6.07) is 3.74. The van der Waals surface area contributed by atoms with Gasteiger partial charge in [0.1, 0.15) is 29.2 Å². The van der Waals surface area contributed by atoms with E-state index in [0.29, 0.717) is 6.07 Å². The third-order valence-corrected chi connectivity index (χ3v) is 2.06. The Morgan fingerprint density at radius 2 is 1.90 bits per heavy atom. The van der Waals surface area contributed by atoms with Crippen molar-refractivity contribution >= 4 is 11.4 Å². The molecule has 0 amide bonds. The Morgan fingerprint density at radius 3 is 2.35 bits per heavy atom. The molecule has 0 unspecified atom stereocenters. The van der Waals surface area contributed by atoms with E-state index in [1.165, 1.54) is 12.1 Å². The summed E-state index contributed by atoms with van der Waals surface area (Å²) in [5.74, 6) is -1.87. The molecular weight excluding hydrogens is 280 g/mol. The van der Waals surface area contributed by atoms with Crippen LogP contribution in [0.3, 0.4) is 0 Å². The van der Waals surface area contributed by atoms with Crippen LogP contribution >= 0.6 is 0 Å². The first-order valence-electron chi connectivity index (χ1n) is 4.92. The Bertz CT molecular complexity index is 609. The molecule has 1 aromatic rings. The zero-order valence-corrected chi connectivity index (χ0v) is 9.92. The van der Waals surface area contributed by atoms with Crippen LogP contribution in [0.15, 0.2) is 17.2 Å². The standard InChI is InChI=1S/C11H6F4N4O/c1-20-10-8(11(13,14)15)2-6(12)3-9(10)19-18-7(4-16)5-17/h2-3,19H,1H3. The van der Waals surface area contributed by atoms with Crippen molar-refractivity contribution in [3.8, 4) is 17.9 Å².